The zero-order chi connectivity index (χ0) is 20.5. The molecule has 1 aliphatic carbocycles. The predicted octanol–water partition coefficient (Wildman–Crippen LogP) is 4.61. The fraction of sp³-hybridized carbons (Fsp3) is 0.368. The Morgan fingerprint density at radius 1 is 1.04 bits per heavy atom. The van der Waals surface area contributed by atoms with Gasteiger partial charge in [0.1, 0.15) is 0 Å². The van der Waals surface area contributed by atoms with E-state index < -0.39 is 38.8 Å². The number of aliphatic hydroxyl groups excluding tert-OH is 1. The smallest absolute Gasteiger partial charge is 0.393 e. The molecule has 3 rings (SSSR count). The molecule has 0 heterocycles. The van der Waals surface area contributed by atoms with Gasteiger partial charge in [-0.2, -0.15) is 13.2 Å². The molecule has 1 fully saturated rings. The molecule has 28 heavy (non-hydrogen) atoms. The third kappa shape index (κ3) is 4.68. The van der Waals surface area contributed by atoms with E-state index in [2.05, 4.69) is 4.72 Å². The van der Waals surface area contributed by atoms with Crippen molar-refractivity contribution in [2.75, 3.05) is 0 Å². The van der Waals surface area contributed by atoms with Gasteiger partial charge >= 0.3 is 6.18 Å². The average Bonchev–Trinajstić information content (AvgIpc) is 2.63. The molecule has 2 aromatic carbocycles. The second-order valence-corrected chi connectivity index (χ2v) is 8.94. The van der Waals surface area contributed by atoms with E-state index in [9.17, 15) is 26.7 Å². The maximum absolute atomic E-state index is 13.7. The predicted molar refractivity (Wildman–Crippen MR) is 100 cm³/mol. The van der Waals surface area contributed by atoms with Gasteiger partial charge in [0.15, 0.2) is 0 Å². The normalized spacial score (nSPS) is 20.9. The molecule has 1 saturated carbocycles. The molecular weight excluding hydrogens is 415 g/mol. The number of nitrogens with one attached hydrogen (secondary N) is 1. The molecule has 0 unspecified atom stereocenters. The summed E-state index contributed by atoms with van der Waals surface area (Å²) >= 11 is 6.12. The van der Waals surface area contributed by atoms with Crippen molar-refractivity contribution in [2.45, 2.75) is 48.9 Å². The molecule has 1 aliphatic rings. The number of alkyl halides is 3. The van der Waals surface area contributed by atoms with Gasteiger partial charge in [-0.3, -0.25) is 0 Å². The molecule has 0 aromatic heterocycles. The standard InChI is InChI=1S/C19H19ClF3NO3S/c20-17-11-15(28(26,27)24-13-6-8-14(25)9-7-13)10-16(19(21,22)23)18(17)12-4-2-1-3-5-12/h1-5,10-11,13-14,24-25H,6-9H2. The van der Waals surface area contributed by atoms with E-state index in [4.69, 9.17) is 11.6 Å². The van der Waals surface area contributed by atoms with Crippen LogP contribution in [0.2, 0.25) is 5.02 Å². The number of halogens is 4. The number of hydrogen-bond donors (Lipinski definition) is 2. The summed E-state index contributed by atoms with van der Waals surface area (Å²) < 4.78 is 68.8. The Hall–Kier alpha value is -1.61. The summed E-state index contributed by atoms with van der Waals surface area (Å²) in [5.41, 5.74) is -1.11. The zero-order valence-electron chi connectivity index (χ0n) is 14.7. The van der Waals surface area contributed by atoms with Crippen LogP contribution < -0.4 is 4.72 Å². The van der Waals surface area contributed by atoms with Crippen LogP contribution in [0.15, 0.2) is 47.4 Å². The van der Waals surface area contributed by atoms with Crippen LogP contribution in [0.4, 0.5) is 13.2 Å². The van der Waals surface area contributed by atoms with E-state index in [0.717, 1.165) is 6.07 Å². The molecular formula is C19H19ClF3NO3S. The van der Waals surface area contributed by atoms with Crippen molar-refractivity contribution in [2.24, 2.45) is 0 Å². The Balaban J connectivity index is 2.02. The molecule has 0 spiro atoms. The van der Waals surface area contributed by atoms with Crippen LogP contribution in [0.5, 0.6) is 0 Å². The zero-order valence-corrected chi connectivity index (χ0v) is 16.3. The van der Waals surface area contributed by atoms with Gasteiger partial charge in [0.05, 0.1) is 21.6 Å². The first-order chi connectivity index (χ1) is 13.1. The molecule has 2 N–H and O–H groups in total. The summed E-state index contributed by atoms with van der Waals surface area (Å²) in [6.45, 7) is 0. The topological polar surface area (TPSA) is 66.4 Å². The van der Waals surface area contributed by atoms with Gasteiger partial charge in [0, 0.05) is 11.6 Å². The average molecular weight is 434 g/mol. The summed E-state index contributed by atoms with van der Waals surface area (Å²) in [5, 5.41) is 9.23. The highest BCUT2D eigenvalue weighted by molar-refractivity contribution is 7.89. The van der Waals surface area contributed by atoms with Gasteiger partial charge in [-0.15, -0.1) is 0 Å². The van der Waals surface area contributed by atoms with E-state index in [-0.39, 0.29) is 16.1 Å². The summed E-state index contributed by atoms with van der Waals surface area (Å²) in [5.74, 6) is 0. The molecule has 9 heteroatoms. The van der Waals surface area contributed by atoms with E-state index in [1.165, 1.54) is 12.1 Å². The van der Waals surface area contributed by atoms with Crippen LogP contribution in [0, 0.1) is 0 Å². The van der Waals surface area contributed by atoms with Gasteiger partial charge in [-0.1, -0.05) is 41.9 Å². The van der Waals surface area contributed by atoms with E-state index in [1.807, 2.05) is 0 Å². The van der Waals surface area contributed by atoms with E-state index in [1.54, 1.807) is 18.2 Å². The van der Waals surface area contributed by atoms with Crippen molar-refractivity contribution in [1.82, 2.24) is 4.72 Å². The number of benzene rings is 2. The SMILES string of the molecule is O=S(=O)(NC1CCC(O)CC1)c1cc(Cl)c(-c2ccccc2)c(C(F)(F)F)c1. The van der Waals surface area contributed by atoms with Gasteiger partial charge in [0.2, 0.25) is 10.0 Å². The van der Waals surface area contributed by atoms with Crippen molar-refractivity contribution >= 4 is 21.6 Å². The lowest BCUT2D eigenvalue weighted by Crippen LogP contribution is -2.38. The van der Waals surface area contributed by atoms with Crippen molar-refractivity contribution in [3.63, 3.8) is 0 Å². The first kappa shape index (κ1) is 21.1. The van der Waals surface area contributed by atoms with Crippen LogP contribution in [0.3, 0.4) is 0 Å². The molecule has 0 atom stereocenters. The van der Waals surface area contributed by atoms with Crippen LogP contribution in [-0.4, -0.2) is 25.7 Å². The lowest BCUT2D eigenvalue weighted by Gasteiger charge is -2.26. The minimum Gasteiger partial charge on any atom is -0.393 e. The first-order valence-corrected chi connectivity index (χ1v) is 10.6. The van der Waals surface area contributed by atoms with Crippen molar-refractivity contribution in [3.8, 4) is 11.1 Å². The highest BCUT2D eigenvalue weighted by atomic mass is 35.5. The molecule has 2 aromatic rings. The van der Waals surface area contributed by atoms with Crippen LogP contribution in [-0.2, 0) is 16.2 Å². The van der Waals surface area contributed by atoms with Gasteiger partial charge in [-0.05, 0) is 43.4 Å². The fourth-order valence-corrected chi connectivity index (χ4v) is 5.09. The lowest BCUT2D eigenvalue weighted by molar-refractivity contribution is -0.137. The Bertz CT molecular complexity index is 941. The fourth-order valence-electron chi connectivity index (χ4n) is 3.34. The minimum atomic E-state index is -4.78. The maximum Gasteiger partial charge on any atom is 0.417 e. The summed E-state index contributed by atoms with van der Waals surface area (Å²) in [6, 6.07) is 9.01. The summed E-state index contributed by atoms with van der Waals surface area (Å²) in [4.78, 5) is -0.532. The van der Waals surface area contributed by atoms with E-state index >= 15 is 0 Å². The second kappa shape index (κ2) is 8.02. The van der Waals surface area contributed by atoms with Crippen LogP contribution in [0.1, 0.15) is 31.2 Å². The highest BCUT2D eigenvalue weighted by Crippen LogP contribution is 2.42. The molecule has 0 radical (unpaired) electrons. The van der Waals surface area contributed by atoms with Crippen molar-refractivity contribution in [3.05, 3.63) is 53.1 Å². The Morgan fingerprint density at radius 3 is 2.21 bits per heavy atom. The minimum absolute atomic E-state index is 0.248. The number of sulfonamides is 1. The van der Waals surface area contributed by atoms with Crippen molar-refractivity contribution < 1.29 is 26.7 Å². The molecule has 0 saturated heterocycles. The second-order valence-electron chi connectivity index (χ2n) is 6.82. The lowest BCUT2D eigenvalue weighted by atomic mass is 9.94. The number of rotatable bonds is 4. The molecule has 0 amide bonds. The molecule has 0 bridgehead atoms. The Labute approximate surface area is 166 Å². The molecule has 4 nitrogen and oxygen atoms in total. The molecule has 0 aliphatic heterocycles. The number of hydrogen-bond acceptors (Lipinski definition) is 3. The largest absolute Gasteiger partial charge is 0.417 e. The third-order valence-electron chi connectivity index (χ3n) is 4.76. The summed E-state index contributed by atoms with van der Waals surface area (Å²) in [6.07, 6.45) is -3.54. The summed E-state index contributed by atoms with van der Waals surface area (Å²) in [7, 11) is -4.20. The quantitative estimate of drug-likeness (QED) is 0.740. The van der Waals surface area contributed by atoms with Crippen LogP contribution >= 0.6 is 11.6 Å². The van der Waals surface area contributed by atoms with Gasteiger partial charge < -0.3 is 5.11 Å². The molecule has 152 valence electrons. The Kier molecular flexibility index (Phi) is 6.05. The van der Waals surface area contributed by atoms with Crippen molar-refractivity contribution in [1.29, 1.82) is 0 Å². The van der Waals surface area contributed by atoms with Gasteiger partial charge in [-0.25, -0.2) is 13.1 Å². The van der Waals surface area contributed by atoms with E-state index in [0.29, 0.717) is 31.7 Å². The maximum atomic E-state index is 13.7. The Morgan fingerprint density at radius 2 is 1.64 bits per heavy atom. The highest BCUT2D eigenvalue weighted by Gasteiger charge is 2.37. The third-order valence-corrected chi connectivity index (χ3v) is 6.56. The number of aliphatic hydroxyl groups is 1. The monoisotopic (exact) mass is 433 g/mol. The van der Waals surface area contributed by atoms with Gasteiger partial charge in [0.25, 0.3) is 0 Å². The first-order valence-electron chi connectivity index (χ1n) is 8.74. The van der Waals surface area contributed by atoms with Crippen LogP contribution in [0.25, 0.3) is 11.1 Å².